The lowest BCUT2D eigenvalue weighted by Gasteiger charge is -2.42. The Hall–Kier alpha value is -1.96. The van der Waals surface area contributed by atoms with Crippen LogP contribution in [0.2, 0.25) is 0 Å². The van der Waals surface area contributed by atoms with E-state index in [1.54, 1.807) is 12.7 Å². The fraction of sp³-hybridized carbons (Fsp3) is 0.652. The summed E-state index contributed by atoms with van der Waals surface area (Å²) in [6, 6.07) is 11.7. The minimum absolute atomic E-state index is 0.140. The molecule has 1 aromatic carbocycles. The molecule has 7 nitrogen and oxygen atoms in total. The Morgan fingerprint density at radius 3 is 2.50 bits per heavy atom. The van der Waals surface area contributed by atoms with E-state index in [-0.39, 0.29) is 5.41 Å². The summed E-state index contributed by atoms with van der Waals surface area (Å²) in [5, 5.41) is 7.97. The standard InChI is InChI=1S/C23H38N6O/c1-20(2)29(22-8-6-5-7-9-22)13-12-27(4)11-10-21(3)25-14-23(16-30-17-23)15-28-19-24-18-26-28/h5-9,18-21,25H,10-17H2,1-4H3. The number of hydrogen-bond acceptors (Lipinski definition) is 6. The molecule has 7 heteroatoms. The molecule has 0 amide bonds. The monoisotopic (exact) mass is 414 g/mol. The van der Waals surface area contributed by atoms with Crippen LogP contribution >= 0.6 is 0 Å². The second kappa shape index (κ2) is 10.9. The van der Waals surface area contributed by atoms with Crippen LogP contribution in [0.15, 0.2) is 43.0 Å². The molecule has 1 unspecified atom stereocenters. The van der Waals surface area contributed by atoms with Gasteiger partial charge in [0.25, 0.3) is 0 Å². The third kappa shape index (κ3) is 6.52. The second-order valence-corrected chi connectivity index (χ2v) is 9.08. The Morgan fingerprint density at radius 2 is 1.90 bits per heavy atom. The molecule has 30 heavy (non-hydrogen) atoms. The van der Waals surface area contributed by atoms with Crippen molar-refractivity contribution in [2.45, 2.75) is 45.8 Å². The lowest BCUT2D eigenvalue weighted by Crippen LogP contribution is -2.53. The Balaban J connectivity index is 1.37. The molecule has 1 saturated heterocycles. The van der Waals surface area contributed by atoms with Crippen LogP contribution in [-0.4, -0.2) is 78.2 Å². The molecule has 1 aliphatic heterocycles. The Bertz CT molecular complexity index is 717. The zero-order chi connectivity index (χ0) is 21.4. The molecule has 1 aromatic heterocycles. The number of nitrogens with one attached hydrogen (secondary N) is 1. The summed E-state index contributed by atoms with van der Waals surface area (Å²) in [7, 11) is 2.22. The number of ether oxygens (including phenoxy) is 1. The topological polar surface area (TPSA) is 58.5 Å². The van der Waals surface area contributed by atoms with Crippen LogP contribution < -0.4 is 10.2 Å². The van der Waals surface area contributed by atoms with Crippen molar-refractivity contribution in [3.8, 4) is 0 Å². The molecule has 2 aromatic rings. The molecule has 0 aliphatic carbocycles. The van der Waals surface area contributed by atoms with Crippen molar-refractivity contribution in [3.63, 3.8) is 0 Å². The highest BCUT2D eigenvalue weighted by Gasteiger charge is 2.39. The number of para-hydroxylation sites is 1. The van der Waals surface area contributed by atoms with Crippen molar-refractivity contribution in [1.29, 1.82) is 0 Å². The summed E-state index contributed by atoms with van der Waals surface area (Å²) in [5.41, 5.74) is 1.44. The average Bonchev–Trinajstić information content (AvgIpc) is 3.22. The first-order valence-corrected chi connectivity index (χ1v) is 11.1. The van der Waals surface area contributed by atoms with Crippen molar-refractivity contribution in [3.05, 3.63) is 43.0 Å². The van der Waals surface area contributed by atoms with E-state index in [9.17, 15) is 0 Å². The molecule has 0 saturated carbocycles. The maximum absolute atomic E-state index is 5.51. The minimum Gasteiger partial charge on any atom is -0.380 e. The fourth-order valence-corrected chi connectivity index (χ4v) is 3.90. The van der Waals surface area contributed by atoms with Crippen LogP contribution in [0, 0.1) is 5.41 Å². The predicted molar refractivity (Wildman–Crippen MR) is 122 cm³/mol. The number of hydrogen-bond donors (Lipinski definition) is 1. The lowest BCUT2D eigenvalue weighted by molar-refractivity contribution is -0.122. The van der Waals surface area contributed by atoms with Crippen molar-refractivity contribution >= 4 is 5.69 Å². The van der Waals surface area contributed by atoms with Gasteiger partial charge in [0.1, 0.15) is 12.7 Å². The molecule has 2 heterocycles. The Kier molecular flexibility index (Phi) is 8.24. The molecule has 3 rings (SSSR count). The van der Waals surface area contributed by atoms with Crippen molar-refractivity contribution in [1.82, 2.24) is 25.0 Å². The van der Waals surface area contributed by atoms with Crippen LogP contribution in [0.25, 0.3) is 0 Å². The van der Waals surface area contributed by atoms with Gasteiger partial charge in [-0.05, 0) is 52.9 Å². The van der Waals surface area contributed by atoms with Crippen LogP contribution in [0.4, 0.5) is 5.69 Å². The zero-order valence-electron chi connectivity index (χ0n) is 19.0. The second-order valence-electron chi connectivity index (χ2n) is 9.08. The molecule has 1 N–H and O–H groups in total. The van der Waals surface area contributed by atoms with Crippen LogP contribution in [0.3, 0.4) is 0 Å². The molecule has 1 atom stereocenters. The average molecular weight is 415 g/mol. The van der Waals surface area contributed by atoms with Crippen LogP contribution in [0.5, 0.6) is 0 Å². The third-order valence-electron chi connectivity index (χ3n) is 5.98. The van der Waals surface area contributed by atoms with Gasteiger partial charge in [-0.2, -0.15) is 5.10 Å². The van der Waals surface area contributed by atoms with Crippen LogP contribution in [-0.2, 0) is 11.3 Å². The first kappa shape index (κ1) is 22.7. The lowest BCUT2D eigenvalue weighted by atomic mass is 9.85. The third-order valence-corrected chi connectivity index (χ3v) is 5.98. The van der Waals surface area contributed by atoms with Gasteiger partial charge >= 0.3 is 0 Å². The maximum atomic E-state index is 5.51. The molecule has 0 radical (unpaired) electrons. The van der Waals surface area contributed by atoms with Gasteiger partial charge in [-0.15, -0.1) is 0 Å². The molecule has 166 valence electrons. The zero-order valence-corrected chi connectivity index (χ0v) is 19.0. The van der Waals surface area contributed by atoms with E-state index >= 15 is 0 Å². The van der Waals surface area contributed by atoms with Gasteiger partial charge in [0.2, 0.25) is 0 Å². The van der Waals surface area contributed by atoms with E-state index in [0.29, 0.717) is 12.1 Å². The predicted octanol–water partition coefficient (Wildman–Crippen LogP) is 2.51. The van der Waals surface area contributed by atoms with Crippen molar-refractivity contribution in [2.75, 3.05) is 51.3 Å². The van der Waals surface area contributed by atoms with E-state index in [0.717, 1.165) is 52.4 Å². The fourth-order valence-electron chi connectivity index (χ4n) is 3.90. The molecule has 1 fully saturated rings. The quantitative estimate of drug-likeness (QED) is 0.544. The highest BCUT2D eigenvalue weighted by Crippen LogP contribution is 2.28. The van der Waals surface area contributed by atoms with E-state index in [4.69, 9.17) is 4.74 Å². The van der Waals surface area contributed by atoms with Gasteiger partial charge in [0.05, 0.1) is 19.8 Å². The van der Waals surface area contributed by atoms with Crippen molar-refractivity contribution in [2.24, 2.45) is 5.41 Å². The molecular formula is C23H38N6O. The van der Waals surface area contributed by atoms with Crippen LogP contribution in [0.1, 0.15) is 27.2 Å². The summed E-state index contributed by atoms with van der Waals surface area (Å²) in [6.45, 7) is 13.4. The first-order valence-electron chi connectivity index (χ1n) is 11.1. The summed E-state index contributed by atoms with van der Waals surface area (Å²) in [4.78, 5) is 8.96. The molecule has 1 aliphatic rings. The largest absolute Gasteiger partial charge is 0.380 e. The molecular weight excluding hydrogens is 376 g/mol. The van der Waals surface area contributed by atoms with E-state index in [1.165, 1.54) is 5.69 Å². The Labute approximate surface area is 181 Å². The smallest absolute Gasteiger partial charge is 0.137 e. The number of rotatable bonds is 13. The number of anilines is 1. The van der Waals surface area contributed by atoms with Gasteiger partial charge in [0, 0.05) is 42.8 Å². The molecule has 0 spiro atoms. The number of likely N-dealkylation sites (N-methyl/N-ethyl adjacent to an activating group) is 1. The number of nitrogens with zero attached hydrogens (tertiary/aromatic N) is 5. The van der Waals surface area contributed by atoms with Gasteiger partial charge < -0.3 is 19.9 Å². The Morgan fingerprint density at radius 1 is 1.13 bits per heavy atom. The van der Waals surface area contributed by atoms with E-state index < -0.39 is 0 Å². The highest BCUT2D eigenvalue weighted by atomic mass is 16.5. The number of benzene rings is 1. The van der Waals surface area contributed by atoms with Gasteiger partial charge in [-0.3, -0.25) is 4.68 Å². The summed E-state index contributed by atoms with van der Waals surface area (Å²) < 4.78 is 7.43. The summed E-state index contributed by atoms with van der Waals surface area (Å²) >= 11 is 0. The first-order chi connectivity index (χ1) is 14.5. The normalized spacial score (nSPS) is 16.6. The van der Waals surface area contributed by atoms with E-state index in [1.807, 2.05) is 4.68 Å². The summed E-state index contributed by atoms with van der Waals surface area (Å²) in [5.74, 6) is 0. The van der Waals surface area contributed by atoms with E-state index in [2.05, 4.69) is 83.3 Å². The molecule has 0 bridgehead atoms. The minimum atomic E-state index is 0.140. The van der Waals surface area contributed by atoms with Crippen molar-refractivity contribution < 1.29 is 4.74 Å². The van der Waals surface area contributed by atoms with Gasteiger partial charge in [-0.1, -0.05) is 18.2 Å². The maximum Gasteiger partial charge on any atom is 0.137 e. The van der Waals surface area contributed by atoms with Gasteiger partial charge in [-0.25, -0.2) is 4.98 Å². The van der Waals surface area contributed by atoms with Gasteiger partial charge in [0.15, 0.2) is 0 Å². The summed E-state index contributed by atoms with van der Waals surface area (Å²) in [6.07, 6.45) is 4.51. The highest BCUT2D eigenvalue weighted by molar-refractivity contribution is 5.46. The SMILES string of the molecule is CC(CCN(C)CCN(c1ccccc1)C(C)C)NCC1(Cn2cncn2)COC1. The number of aromatic nitrogens is 3.